The molecule has 238 valence electrons. The van der Waals surface area contributed by atoms with Crippen LogP contribution in [0, 0.1) is 17.5 Å². The largest absolute Gasteiger partial charge is 0.463 e. The average molecular weight is 660 g/mol. The lowest BCUT2D eigenvalue weighted by Gasteiger charge is -2.44. The predicted octanol–water partition coefficient (Wildman–Crippen LogP) is 4.60. The molecule has 1 aromatic carbocycles. The van der Waals surface area contributed by atoms with E-state index in [0.717, 1.165) is 30.8 Å². The Hall–Kier alpha value is -3.40. The van der Waals surface area contributed by atoms with Gasteiger partial charge >= 0.3 is 17.9 Å². The van der Waals surface area contributed by atoms with E-state index in [1.807, 2.05) is 6.92 Å². The summed E-state index contributed by atoms with van der Waals surface area (Å²) in [6, 6.07) is 0.342. The molecule has 4 rings (SSSR count). The Morgan fingerprint density at radius 1 is 1.09 bits per heavy atom. The number of aromatic nitrogens is 3. The van der Waals surface area contributed by atoms with E-state index >= 15 is 0 Å². The number of thioether (sulfide) groups is 1. The van der Waals surface area contributed by atoms with E-state index in [-0.39, 0.29) is 17.9 Å². The Morgan fingerprint density at radius 2 is 1.75 bits per heavy atom. The second-order valence-electron chi connectivity index (χ2n) is 9.80. The van der Waals surface area contributed by atoms with E-state index in [0.29, 0.717) is 17.9 Å². The summed E-state index contributed by atoms with van der Waals surface area (Å²) < 4.78 is 71.1. The first kappa shape index (κ1) is 33.5. The van der Waals surface area contributed by atoms with Crippen molar-refractivity contribution in [1.82, 2.24) is 15.0 Å². The molecule has 2 aliphatic rings. The summed E-state index contributed by atoms with van der Waals surface area (Å²) in [5.41, 5.74) is -1.19. The molecule has 2 aromatic rings. The highest BCUT2D eigenvalue weighted by atomic mass is 35.5. The number of hydrogen-bond donors (Lipinski definition) is 0. The highest BCUT2D eigenvalue weighted by Gasteiger charge is 2.52. The summed E-state index contributed by atoms with van der Waals surface area (Å²) >= 11 is 7.63. The first-order valence-electron chi connectivity index (χ1n) is 13.4. The van der Waals surface area contributed by atoms with Crippen LogP contribution in [0.15, 0.2) is 41.5 Å². The molecule has 1 saturated heterocycles. The number of alkyl halides is 1. The summed E-state index contributed by atoms with van der Waals surface area (Å²) in [4.78, 5) is 37.0. The van der Waals surface area contributed by atoms with Gasteiger partial charge in [0.15, 0.2) is 34.7 Å². The van der Waals surface area contributed by atoms with E-state index in [1.165, 1.54) is 24.7 Å². The standard InChI is InChI=1S/C28H29ClF3N3O8S/c1-5-40-28(29)8-6-18(7-9-28)44-27-26(42-16(4)38)24(25(41-15(3)37)22(43-27)13-39-14(2)36)35-12-21(33-34-35)17-10-19(30)23(32)20(31)11-17/h6-8,10-12,22,24-27H,5,9,13H2,1-4H3/t22-,24+,25+,26-,27-,28?/m1/s1. The van der Waals surface area contributed by atoms with Crippen LogP contribution in [0.2, 0.25) is 0 Å². The van der Waals surface area contributed by atoms with Crippen LogP contribution >= 0.6 is 23.4 Å². The molecule has 0 spiro atoms. The smallest absolute Gasteiger partial charge is 0.303 e. The van der Waals surface area contributed by atoms with Gasteiger partial charge in [0.05, 0.1) is 6.20 Å². The Bertz CT molecular complexity index is 1450. The molecule has 0 saturated carbocycles. The van der Waals surface area contributed by atoms with Crippen LogP contribution in [0.1, 0.15) is 40.2 Å². The van der Waals surface area contributed by atoms with E-state index in [1.54, 1.807) is 18.2 Å². The molecule has 0 radical (unpaired) electrons. The van der Waals surface area contributed by atoms with Gasteiger partial charge in [-0.1, -0.05) is 34.7 Å². The summed E-state index contributed by atoms with van der Waals surface area (Å²) in [5.74, 6) is -6.60. The number of hydrogen-bond acceptors (Lipinski definition) is 11. The molecule has 0 amide bonds. The predicted molar refractivity (Wildman–Crippen MR) is 150 cm³/mol. The van der Waals surface area contributed by atoms with Gasteiger partial charge in [-0.2, -0.15) is 0 Å². The molecule has 1 aromatic heterocycles. The lowest BCUT2D eigenvalue weighted by molar-refractivity contribution is -0.212. The summed E-state index contributed by atoms with van der Waals surface area (Å²) in [6.07, 6.45) is 3.23. The number of allylic oxidation sites excluding steroid dienone is 1. The van der Waals surface area contributed by atoms with Gasteiger partial charge in [0.25, 0.3) is 0 Å². The molecular formula is C28H29ClF3N3O8S. The zero-order chi connectivity index (χ0) is 32.2. The number of nitrogens with zero attached hydrogens (tertiary/aromatic N) is 3. The fourth-order valence-electron chi connectivity index (χ4n) is 4.69. The summed E-state index contributed by atoms with van der Waals surface area (Å²) in [7, 11) is 0. The molecule has 1 unspecified atom stereocenters. The third-order valence-electron chi connectivity index (χ3n) is 6.48. The Balaban J connectivity index is 1.77. The molecular weight excluding hydrogens is 631 g/mol. The molecule has 2 heterocycles. The second-order valence-corrected chi connectivity index (χ2v) is 11.6. The Morgan fingerprint density at radius 3 is 2.32 bits per heavy atom. The van der Waals surface area contributed by atoms with Crippen LogP contribution in [-0.2, 0) is 38.1 Å². The molecule has 11 nitrogen and oxygen atoms in total. The maximum absolute atomic E-state index is 14.0. The Kier molecular flexibility index (Phi) is 10.8. The van der Waals surface area contributed by atoms with Crippen molar-refractivity contribution in [3.63, 3.8) is 0 Å². The minimum Gasteiger partial charge on any atom is -0.463 e. The molecule has 0 bridgehead atoms. The van der Waals surface area contributed by atoms with Gasteiger partial charge in [-0.15, -0.1) is 5.10 Å². The second kappa shape index (κ2) is 14.1. The SMILES string of the molecule is CCOC1(Cl)C=CC(S[C@H]2O[C@H](COC(C)=O)[C@H](OC(C)=O)[C@H](n3cc(-c4cc(F)c(F)c(F)c4)nn3)[C@H]2OC(C)=O)=CC1. The van der Waals surface area contributed by atoms with Crippen LogP contribution in [0.3, 0.4) is 0 Å². The highest BCUT2D eigenvalue weighted by molar-refractivity contribution is 8.03. The van der Waals surface area contributed by atoms with Gasteiger partial charge in [-0.3, -0.25) is 14.4 Å². The number of benzene rings is 1. The van der Waals surface area contributed by atoms with Crippen molar-refractivity contribution in [3.05, 3.63) is 58.9 Å². The fourth-order valence-corrected chi connectivity index (χ4v) is 6.08. The van der Waals surface area contributed by atoms with Gasteiger partial charge in [-0.25, -0.2) is 17.9 Å². The van der Waals surface area contributed by atoms with Crippen molar-refractivity contribution in [3.8, 4) is 11.3 Å². The normalized spacial score (nSPS) is 26.5. The average Bonchev–Trinajstić information content (AvgIpc) is 3.43. The van der Waals surface area contributed by atoms with Crippen LogP contribution in [0.4, 0.5) is 13.2 Å². The Labute approximate surface area is 259 Å². The molecule has 16 heteroatoms. The maximum atomic E-state index is 14.0. The van der Waals surface area contributed by atoms with Crippen molar-refractivity contribution in [1.29, 1.82) is 0 Å². The van der Waals surface area contributed by atoms with Crippen molar-refractivity contribution >= 4 is 41.3 Å². The number of rotatable bonds is 10. The molecule has 1 aliphatic heterocycles. The zero-order valence-electron chi connectivity index (χ0n) is 24.0. The molecule has 1 fully saturated rings. The van der Waals surface area contributed by atoms with E-state index in [4.69, 9.17) is 35.3 Å². The van der Waals surface area contributed by atoms with Gasteiger partial charge in [0.2, 0.25) is 0 Å². The van der Waals surface area contributed by atoms with Crippen LogP contribution < -0.4 is 0 Å². The number of ether oxygens (including phenoxy) is 5. The maximum Gasteiger partial charge on any atom is 0.303 e. The fraction of sp³-hybridized carbons (Fsp3) is 0.464. The third-order valence-corrected chi connectivity index (χ3v) is 8.06. The highest BCUT2D eigenvalue weighted by Crippen LogP contribution is 2.43. The van der Waals surface area contributed by atoms with Crippen molar-refractivity contribution < 1.29 is 51.2 Å². The van der Waals surface area contributed by atoms with Crippen LogP contribution in [0.5, 0.6) is 0 Å². The van der Waals surface area contributed by atoms with Crippen LogP contribution in [-0.4, -0.2) is 74.9 Å². The summed E-state index contributed by atoms with van der Waals surface area (Å²) in [5, 5.41) is 7.01. The topological polar surface area (TPSA) is 128 Å². The molecule has 6 atom stereocenters. The van der Waals surface area contributed by atoms with Gasteiger partial charge in [0.1, 0.15) is 29.9 Å². The van der Waals surface area contributed by atoms with Gasteiger partial charge < -0.3 is 23.7 Å². The van der Waals surface area contributed by atoms with Gasteiger partial charge in [-0.05, 0) is 31.2 Å². The zero-order valence-corrected chi connectivity index (χ0v) is 25.6. The minimum absolute atomic E-state index is 0.0644. The van der Waals surface area contributed by atoms with E-state index in [2.05, 4.69) is 10.3 Å². The first-order valence-corrected chi connectivity index (χ1v) is 14.6. The monoisotopic (exact) mass is 659 g/mol. The summed E-state index contributed by atoms with van der Waals surface area (Å²) in [6.45, 7) is 5.35. The minimum atomic E-state index is -1.65. The first-order chi connectivity index (χ1) is 20.8. The number of carbonyl (C=O) groups excluding carboxylic acids is 3. The quantitative estimate of drug-likeness (QED) is 0.154. The van der Waals surface area contributed by atoms with Crippen molar-refractivity contribution in [2.75, 3.05) is 13.2 Å². The van der Waals surface area contributed by atoms with Crippen molar-refractivity contribution in [2.45, 2.75) is 69.0 Å². The van der Waals surface area contributed by atoms with Crippen molar-refractivity contribution in [2.24, 2.45) is 0 Å². The molecule has 0 N–H and O–H groups in total. The number of esters is 3. The van der Waals surface area contributed by atoms with E-state index in [9.17, 15) is 27.6 Å². The lowest BCUT2D eigenvalue weighted by Crippen LogP contribution is -2.57. The van der Waals surface area contributed by atoms with Crippen LogP contribution in [0.25, 0.3) is 11.3 Å². The van der Waals surface area contributed by atoms with E-state index < -0.39 is 70.2 Å². The number of halogens is 4. The third kappa shape index (κ3) is 8.00. The lowest BCUT2D eigenvalue weighted by atomic mass is 9.96. The molecule has 1 aliphatic carbocycles. The molecule has 44 heavy (non-hydrogen) atoms. The van der Waals surface area contributed by atoms with Gasteiger partial charge in [0, 0.05) is 44.3 Å². The number of carbonyl (C=O) groups is 3.